The van der Waals surface area contributed by atoms with E-state index in [-0.39, 0.29) is 7.43 Å². The van der Waals surface area contributed by atoms with Crippen LogP contribution in [0.5, 0.6) is 0 Å². The van der Waals surface area contributed by atoms with E-state index in [0.717, 1.165) is 23.8 Å². The van der Waals surface area contributed by atoms with Crippen molar-refractivity contribution in [2.75, 3.05) is 0 Å². The van der Waals surface area contributed by atoms with Crippen molar-refractivity contribution in [3.63, 3.8) is 0 Å². The average Bonchev–Trinajstić information content (AvgIpc) is 2.82. The summed E-state index contributed by atoms with van der Waals surface area (Å²) in [5.41, 5.74) is 3.38. The Morgan fingerprint density at radius 1 is 1.25 bits per heavy atom. The first-order valence-corrected chi connectivity index (χ1v) is 5.43. The third-order valence-electron chi connectivity index (χ3n) is 2.85. The normalized spacial score (nSPS) is 13.2. The number of hydrogen-bond donors (Lipinski definition) is 1. The van der Waals surface area contributed by atoms with Gasteiger partial charge in [0, 0.05) is 0 Å². The topological polar surface area (TPSA) is 20.2 Å². The molecule has 0 aromatic heterocycles. The molecule has 0 radical (unpaired) electrons. The lowest BCUT2D eigenvalue weighted by Gasteiger charge is -2.08. The van der Waals surface area contributed by atoms with Crippen molar-refractivity contribution in [1.82, 2.24) is 0 Å². The van der Waals surface area contributed by atoms with Crippen LogP contribution in [0.25, 0.3) is 0 Å². The largest absolute Gasteiger partial charge is 0.443 e. The molecule has 1 aliphatic carbocycles. The first-order valence-electron chi connectivity index (χ1n) is 5.43. The highest BCUT2D eigenvalue weighted by molar-refractivity contribution is 6.73. The second kappa shape index (κ2) is 5.71. The summed E-state index contributed by atoms with van der Waals surface area (Å²) in [4.78, 5) is 0. The van der Waals surface area contributed by atoms with Crippen molar-refractivity contribution in [2.24, 2.45) is 0 Å². The molecule has 2 heteroatoms. The second-order valence-corrected chi connectivity index (χ2v) is 3.87. The molecule has 84 valence electrons. The molecular formula is C14H19BO. The molecule has 1 nitrogen and oxygen atoms in total. The Balaban J connectivity index is 0.00000128. The SMILES string of the molecule is C.CCc1ccc(B(O)C2=CC=CC2)cc1. The minimum Gasteiger partial charge on any atom is -0.443 e. The number of rotatable bonds is 3. The van der Waals surface area contributed by atoms with Crippen LogP contribution >= 0.6 is 0 Å². The summed E-state index contributed by atoms with van der Waals surface area (Å²) in [7, 11) is 0. The Hall–Kier alpha value is -1.28. The summed E-state index contributed by atoms with van der Waals surface area (Å²) in [5, 5.41) is 10.1. The number of benzene rings is 1. The summed E-state index contributed by atoms with van der Waals surface area (Å²) in [6.07, 6.45) is 7.98. The molecule has 0 heterocycles. The van der Waals surface area contributed by atoms with Gasteiger partial charge < -0.3 is 5.02 Å². The van der Waals surface area contributed by atoms with Crippen LogP contribution in [0.2, 0.25) is 0 Å². The van der Waals surface area contributed by atoms with E-state index in [9.17, 15) is 5.02 Å². The molecule has 0 amide bonds. The zero-order valence-corrected chi connectivity index (χ0v) is 8.98. The van der Waals surface area contributed by atoms with Gasteiger partial charge in [-0.05, 0) is 23.9 Å². The third-order valence-corrected chi connectivity index (χ3v) is 2.85. The van der Waals surface area contributed by atoms with Crippen molar-refractivity contribution in [3.8, 4) is 0 Å². The molecule has 0 aliphatic heterocycles. The highest BCUT2D eigenvalue weighted by Crippen LogP contribution is 2.12. The van der Waals surface area contributed by atoms with Gasteiger partial charge in [0.15, 0.2) is 0 Å². The van der Waals surface area contributed by atoms with Crippen molar-refractivity contribution in [1.29, 1.82) is 0 Å². The van der Waals surface area contributed by atoms with Crippen molar-refractivity contribution < 1.29 is 5.02 Å². The molecule has 1 aliphatic rings. The van der Waals surface area contributed by atoms with Crippen LogP contribution < -0.4 is 5.46 Å². The van der Waals surface area contributed by atoms with Crippen LogP contribution in [-0.4, -0.2) is 11.9 Å². The van der Waals surface area contributed by atoms with E-state index < -0.39 is 6.92 Å². The number of hydrogen-bond acceptors (Lipinski definition) is 1. The van der Waals surface area contributed by atoms with E-state index in [2.05, 4.69) is 25.1 Å². The molecule has 0 saturated heterocycles. The van der Waals surface area contributed by atoms with Gasteiger partial charge in [0.25, 0.3) is 0 Å². The zero-order valence-electron chi connectivity index (χ0n) is 8.98. The Morgan fingerprint density at radius 2 is 1.94 bits per heavy atom. The highest BCUT2D eigenvalue weighted by atomic mass is 16.2. The zero-order chi connectivity index (χ0) is 10.7. The van der Waals surface area contributed by atoms with Crippen LogP contribution in [0, 0.1) is 0 Å². The maximum Gasteiger partial charge on any atom is 0.355 e. The first kappa shape index (κ1) is 12.8. The minimum atomic E-state index is -0.439. The molecule has 1 aromatic rings. The van der Waals surface area contributed by atoms with Gasteiger partial charge in [0.2, 0.25) is 0 Å². The van der Waals surface area contributed by atoms with E-state index in [4.69, 9.17) is 0 Å². The van der Waals surface area contributed by atoms with Gasteiger partial charge in [-0.1, -0.05) is 62.3 Å². The van der Waals surface area contributed by atoms with Crippen molar-refractivity contribution in [3.05, 3.63) is 53.5 Å². The summed E-state index contributed by atoms with van der Waals surface area (Å²) < 4.78 is 0. The summed E-state index contributed by atoms with van der Waals surface area (Å²) in [6, 6.07) is 8.20. The molecular weight excluding hydrogens is 195 g/mol. The number of aryl methyl sites for hydroxylation is 1. The first-order chi connectivity index (χ1) is 7.31. The fourth-order valence-electron chi connectivity index (χ4n) is 1.82. The average molecular weight is 214 g/mol. The third kappa shape index (κ3) is 2.64. The standard InChI is InChI=1S/C13H15BO.CH4/c1-2-11-7-9-13(10-8-11)14(15)12-5-3-4-6-12;/h3-5,7-10,15H,2,6H2,1H3;1H4. The predicted octanol–water partition coefficient (Wildman–Crippen LogP) is 2.50. The molecule has 0 saturated carbocycles. The van der Waals surface area contributed by atoms with Gasteiger partial charge in [-0.2, -0.15) is 0 Å². The molecule has 2 rings (SSSR count). The van der Waals surface area contributed by atoms with Gasteiger partial charge in [-0.15, -0.1) is 0 Å². The summed E-state index contributed by atoms with van der Waals surface area (Å²) in [6.45, 7) is 1.69. The highest BCUT2D eigenvalue weighted by Gasteiger charge is 2.19. The van der Waals surface area contributed by atoms with Gasteiger partial charge in [0.05, 0.1) is 0 Å². The molecule has 1 N–H and O–H groups in total. The minimum absolute atomic E-state index is 0. The Labute approximate surface area is 98.6 Å². The fourth-order valence-corrected chi connectivity index (χ4v) is 1.82. The lowest BCUT2D eigenvalue weighted by Crippen LogP contribution is -2.32. The smallest absolute Gasteiger partial charge is 0.355 e. The van der Waals surface area contributed by atoms with Crippen LogP contribution in [-0.2, 0) is 6.42 Å². The van der Waals surface area contributed by atoms with Crippen LogP contribution in [0.4, 0.5) is 0 Å². The van der Waals surface area contributed by atoms with Gasteiger partial charge >= 0.3 is 6.92 Å². The van der Waals surface area contributed by atoms with E-state index in [0.29, 0.717) is 0 Å². The molecule has 0 spiro atoms. The van der Waals surface area contributed by atoms with E-state index >= 15 is 0 Å². The van der Waals surface area contributed by atoms with Crippen LogP contribution in [0.3, 0.4) is 0 Å². The summed E-state index contributed by atoms with van der Waals surface area (Å²) >= 11 is 0. The van der Waals surface area contributed by atoms with Gasteiger partial charge in [-0.25, -0.2) is 0 Å². The Morgan fingerprint density at radius 3 is 2.44 bits per heavy atom. The van der Waals surface area contributed by atoms with Gasteiger partial charge in [0.1, 0.15) is 0 Å². The van der Waals surface area contributed by atoms with E-state index in [1.165, 1.54) is 5.56 Å². The fraction of sp³-hybridized carbons (Fsp3) is 0.286. The molecule has 0 bridgehead atoms. The monoisotopic (exact) mass is 214 g/mol. The molecule has 0 atom stereocenters. The Bertz CT molecular complexity index is 390. The number of allylic oxidation sites excluding steroid dienone is 4. The maximum atomic E-state index is 10.1. The molecule has 0 fully saturated rings. The molecule has 1 aromatic carbocycles. The van der Waals surface area contributed by atoms with Crippen molar-refractivity contribution in [2.45, 2.75) is 27.2 Å². The second-order valence-electron chi connectivity index (χ2n) is 3.87. The van der Waals surface area contributed by atoms with Crippen LogP contribution in [0.1, 0.15) is 26.3 Å². The van der Waals surface area contributed by atoms with Gasteiger partial charge in [-0.3, -0.25) is 0 Å². The molecule has 0 unspecified atom stereocenters. The lowest BCUT2D eigenvalue weighted by atomic mass is 9.55. The predicted molar refractivity (Wildman–Crippen MR) is 72.0 cm³/mol. The summed E-state index contributed by atoms with van der Waals surface area (Å²) in [5.74, 6) is 0. The molecule has 16 heavy (non-hydrogen) atoms. The Kier molecular flexibility index (Phi) is 4.57. The van der Waals surface area contributed by atoms with Crippen molar-refractivity contribution >= 4 is 12.4 Å². The van der Waals surface area contributed by atoms with E-state index in [1.54, 1.807) is 0 Å². The quantitative estimate of drug-likeness (QED) is 0.766. The maximum absolute atomic E-state index is 10.1. The van der Waals surface area contributed by atoms with Crippen LogP contribution in [0.15, 0.2) is 48.0 Å². The van der Waals surface area contributed by atoms with E-state index in [1.807, 2.05) is 24.3 Å². The lowest BCUT2D eigenvalue weighted by molar-refractivity contribution is 0.594.